The minimum absolute atomic E-state index is 0.562. The first-order valence-corrected chi connectivity index (χ1v) is 13.3. The fourth-order valence-electron chi connectivity index (χ4n) is 2.64. The largest absolute Gasteiger partial charge is 0.668 e. The minimum Gasteiger partial charge on any atom is -0.368 e. The highest BCUT2D eigenvalue weighted by Crippen LogP contribution is 2.61. The molecule has 0 saturated carbocycles. The molecule has 0 atom stereocenters. The molecule has 0 amide bonds. The summed E-state index contributed by atoms with van der Waals surface area (Å²) >= 11 is 0. The average molecular weight is 356 g/mol. The summed E-state index contributed by atoms with van der Waals surface area (Å²) < 4.78 is 0. The fourth-order valence-corrected chi connectivity index (χ4v) is 7.93. The van der Waals surface area contributed by atoms with Gasteiger partial charge in [-0.15, -0.1) is 0 Å². The van der Waals surface area contributed by atoms with Crippen molar-refractivity contribution in [3.63, 3.8) is 0 Å². The van der Waals surface area contributed by atoms with E-state index in [1.165, 1.54) is 51.4 Å². The molecule has 0 fully saturated rings. The van der Waals surface area contributed by atoms with Crippen LogP contribution in [0, 0.1) is 0 Å². The first-order chi connectivity index (χ1) is 10.2. The standard InChI is InChI=1S/C16H36P.H4O4Si/c1-5-9-13-17(14-10-6-2,15-11-7-3)16-12-8-4;1-5(2,3)4/h5-16H2,1-4H3;1-4H/q+1;. The second-order valence-electron chi connectivity index (χ2n) is 6.25. The Morgan fingerprint density at radius 3 is 0.864 bits per heavy atom. The van der Waals surface area contributed by atoms with Crippen LogP contribution in [0.3, 0.4) is 0 Å². The first kappa shape index (κ1) is 24.7. The van der Waals surface area contributed by atoms with Crippen LogP contribution in [-0.4, -0.2) is 52.9 Å². The van der Waals surface area contributed by atoms with Crippen LogP contribution in [0.5, 0.6) is 0 Å². The monoisotopic (exact) mass is 355 g/mol. The van der Waals surface area contributed by atoms with Crippen molar-refractivity contribution in [2.45, 2.75) is 79.1 Å². The van der Waals surface area contributed by atoms with E-state index in [-0.39, 0.29) is 0 Å². The van der Waals surface area contributed by atoms with Gasteiger partial charge in [0.15, 0.2) is 0 Å². The van der Waals surface area contributed by atoms with E-state index in [0.29, 0.717) is 0 Å². The summed E-state index contributed by atoms with van der Waals surface area (Å²) in [5.41, 5.74) is 0. The quantitative estimate of drug-likeness (QED) is 0.318. The summed E-state index contributed by atoms with van der Waals surface area (Å²) in [6.45, 7) is 9.42. The van der Waals surface area contributed by atoms with Gasteiger partial charge in [-0.3, -0.25) is 0 Å². The van der Waals surface area contributed by atoms with Gasteiger partial charge in [0.05, 0.1) is 24.6 Å². The summed E-state index contributed by atoms with van der Waals surface area (Å²) in [4.78, 5) is 29.3. The Bertz CT molecular complexity index is 191. The summed E-state index contributed by atoms with van der Waals surface area (Å²) in [5, 5.41) is 0. The second-order valence-corrected chi connectivity index (χ2v) is 11.9. The van der Waals surface area contributed by atoms with Gasteiger partial charge in [-0.2, -0.15) is 0 Å². The van der Waals surface area contributed by atoms with Crippen LogP contribution in [-0.2, 0) is 0 Å². The minimum atomic E-state index is -4.61. The summed E-state index contributed by atoms with van der Waals surface area (Å²) in [6.07, 6.45) is 17.9. The number of unbranched alkanes of at least 4 members (excludes halogenated alkanes) is 4. The molecule has 6 heteroatoms. The molecular formula is C16H40O4PSi+. The van der Waals surface area contributed by atoms with E-state index in [0.717, 1.165) is 0 Å². The molecular weight excluding hydrogens is 315 g/mol. The van der Waals surface area contributed by atoms with Gasteiger partial charge in [-0.1, -0.05) is 53.4 Å². The van der Waals surface area contributed by atoms with Crippen molar-refractivity contribution in [1.29, 1.82) is 0 Å². The van der Waals surface area contributed by atoms with Crippen LogP contribution >= 0.6 is 7.26 Å². The molecule has 0 saturated heterocycles. The Balaban J connectivity index is 0. The smallest absolute Gasteiger partial charge is 0.368 e. The van der Waals surface area contributed by atoms with Crippen LogP contribution in [0.1, 0.15) is 79.1 Å². The molecule has 0 rings (SSSR count). The van der Waals surface area contributed by atoms with Crippen LogP contribution in [0.25, 0.3) is 0 Å². The van der Waals surface area contributed by atoms with Crippen molar-refractivity contribution in [1.82, 2.24) is 0 Å². The highest BCUT2D eigenvalue weighted by molar-refractivity contribution is 7.75. The third kappa shape index (κ3) is 18.5. The van der Waals surface area contributed by atoms with Crippen molar-refractivity contribution in [3.05, 3.63) is 0 Å². The van der Waals surface area contributed by atoms with Crippen molar-refractivity contribution in [2.75, 3.05) is 24.6 Å². The van der Waals surface area contributed by atoms with Crippen molar-refractivity contribution >= 4 is 16.3 Å². The Hall–Kier alpha value is 0.487. The Labute approximate surface area is 139 Å². The van der Waals surface area contributed by atoms with Gasteiger partial charge in [-0.25, -0.2) is 0 Å². The SMILES string of the molecule is CCCC[P+](CCCC)(CCCC)CCCC.O[Si](O)(O)O. The van der Waals surface area contributed by atoms with Gasteiger partial charge in [0, 0.05) is 7.26 Å². The maximum atomic E-state index is 7.33. The van der Waals surface area contributed by atoms with Gasteiger partial charge in [0.25, 0.3) is 0 Å². The molecule has 0 aliphatic carbocycles. The summed E-state index contributed by atoms with van der Waals surface area (Å²) in [5.74, 6) is 0. The maximum absolute atomic E-state index is 7.33. The summed E-state index contributed by atoms with van der Waals surface area (Å²) in [7, 11) is -5.17. The van der Waals surface area contributed by atoms with E-state index < -0.39 is 16.3 Å². The Kier molecular flexibility index (Phi) is 16.9. The molecule has 0 heterocycles. The van der Waals surface area contributed by atoms with Gasteiger partial charge in [0.2, 0.25) is 0 Å². The highest BCUT2D eigenvalue weighted by atomic mass is 31.2. The highest BCUT2D eigenvalue weighted by Gasteiger charge is 2.34. The number of hydrogen-bond donors (Lipinski definition) is 4. The molecule has 0 unspecified atom stereocenters. The molecule has 0 aromatic rings. The summed E-state index contributed by atoms with van der Waals surface area (Å²) in [6, 6.07) is 0. The van der Waals surface area contributed by atoms with Crippen LogP contribution < -0.4 is 0 Å². The van der Waals surface area contributed by atoms with Crippen LogP contribution in [0.4, 0.5) is 0 Å². The molecule has 4 N–H and O–H groups in total. The lowest BCUT2D eigenvalue weighted by atomic mass is 10.4. The molecule has 0 radical (unpaired) electrons. The van der Waals surface area contributed by atoms with Crippen molar-refractivity contribution in [3.8, 4) is 0 Å². The normalized spacial score (nSPS) is 12.0. The van der Waals surface area contributed by atoms with Crippen molar-refractivity contribution in [2.24, 2.45) is 0 Å². The number of hydrogen-bond acceptors (Lipinski definition) is 4. The van der Waals surface area contributed by atoms with E-state index in [4.69, 9.17) is 19.2 Å². The third-order valence-corrected chi connectivity index (χ3v) is 9.00. The third-order valence-electron chi connectivity index (χ3n) is 3.94. The second kappa shape index (κ2) is 15.0. The molecule has 22 heavy (non-hydrogen) atoms. The van der Waals surface area contributed by atoms with Gasteiger partial charge in [-0.05, 0) is 25.7 Å². The lowest BCUT2D eigenvalue weighted by molar-refractivity contribution is 0.117. The van der Waals surface area contributed by atoms with E-state index in [2.05, 4.69) is 27.7 Å². The molecule has 0 aromatic heterocycles. The van der Waals surface area contributed by atoms with Crippen LogP contribution in [0.15, 0.2) is 0 Å². The Morgan fingerprint density at radius 2 is 0.727 bits per heavy atom. The van der Waals surface area contributed by atoms with Gasteiger partial charge >= 0.3 is 9.05 Å². The van der Waals surface area contributed by atoms with E-state index in [1.807, 2.05) is 0 Å². The molecule has 0 aromatic carbocycles. The average Bonchev–Trinajstić information content (AvgIpc) is 2.44. The van der Waals surface area contributed by atoms with E-state index in [9.17, 15) is 0 Å². The zero-order valence-corrected chi connectivity index (χ0v) is 17.1. The zero-order valence-electron chi connectivity index (χ0n) is 15.2. The van der Waals surface area contributed by atoms with Crippen LogP contribution in [0.2, 0.25) is 0 Å². The topological polar surface area (TPSA) is 80.9 Å². The molecule has 0 aliphatic heterocycles. The first-order valence-electron chi connectivity index (χ1n) is 8.99. The molecule has 136 valence electrons. The molecule has 0 aliphatic rings. The van der Waals surface area contributed by atoms with Gasteiger partial charge < -0.3 is 19.2 Å². The lowest BCUT2D eigenvalue weighted by Gasteiger charge is -2.28. The van der Waals surface area contributed by atoms with E-state index in [1.54, 1.807) is 24.6 Å². The zero-order chi connectivity index (χ0) is 17.5. The Morgan fingerprint density at radius 1 is 0.545 bits per heavy atom. The number of rotatable bonds is 12. The van der Waals surface area contributed by atoms with E-state index >= 15 is 0 Å². The predicted octanol–water partition coefficient (Wildman–Crippen LogP) is 3.60. The van der Waals surface area contributed by atoms with Crippen molar-refractivity contribution < 1.29 is 19.2 Å². The predicted molar refractivity (Wildman–Crippen MR) is 101 cm³/mol. The van der Waals surface area contributed by atoms with Gasteiger partial charge in [0.1, 0.15) is 0 Å². The maximum Gasteiger partial charge on any atom is 0.668 e. The molecule has 4 nitrogen and oxygen atoms in total. The molecule has 0 spiro atoms. The molecule has 0 bridgehead atoms. The lowest BCUT2D eigenvalue weighted by Crippen LogP contribution is -2.33. The fraction of sp³-hybridized carbons (Fsp3) is 1.00.